The van der Waals surface area contributed by atoms with Crippen LogP contribution in [0.3, 0.4) is 0 Å². The molecule has 8 nitrogen and oxygen atoms in total. The number of benzene rings is 3. The number of hydrogen-bond acceptors (Lipinski definition) is 7. The van der Waals surface area contributed by atoms with E-state index in [2.05, 4.69) is 29.6 Å². The summed E-state index contributed by atoms with van der Waals surface area (Å²) in [4.78, 5) is 24.9. The van der Waals surface area contributed by atoms with E-state index >= 15 is 0 Å². The molecule has 1 heterocycles. The molecule has 1 aliphatic carbocycles. The lowest BCUT2D eigenvalue weighted by Crippen LogP contribution is -2.41. The Bertz CT molecular complexity index is 1450. The van der Waals surface area contributed by atoms with E-state index in [9.17, 15) is 9.59 Å². The van der Waals surface area contributed by atoms with Crippen molar-refractivity contribution in [2.75, 3.05) is 26.0 Å². The van der Waals surface area contributed by atoms with Gasteiger partial charge in [0.2, 0.25) is 0 Å². The molecule has 0 unspecified atom stereocenters. The fraction of sp³-hybridized carbons (Fsp3) is 0.312. The van der Waals surface area contributed by atoms with E-state index in [0.29, 0.717) is 22.3 Å². The van der Waals surface area contributed by atoms with Crippen molar-refractivity contribution >= 4 is 30.9 Å². The zero-order valence-corrected chi connectivity index (χ0v) is 24.0. The quantitative estimate of drug-likeness (QED) is 0.222. The molecule has 0 radical (unpaired) electrons. The molecule has 3 N–H and O–H groups in total. The Kier molecular flexibility index (Phi) is 7.68. The number of nitrogen functional groups attached to an aromatic ring is 1. The molecule has 1 saturated heterocycles. The van der Waals surface area contributed by atoms with Gasteiger partial charge in [0.1, 0.15) is 6.61 Å². The second-order valence-corrected chi connectivity index (χ2v) is 11.3. The molecular weight excluding hydrogens is 519 g/mol. The van der Waals surface area contributed by atoms with Crippen molar-refractivity contribution in [1.82, 2.24) is 5.32 Å². The normalized spacial score (nSPS) is 17.1. The van der Waals surface area contributed by atoms with Gasteiger partial charge in [-0.2, -0.15) is 0 Å². The molecule has 41 heavy (non-hydrogen) atoms. The monoisotopic (exact) mass is 554 g/mol. The van der Waals surface area contributed by atoms with Crippen LogP contribution >= 0.6 is 0 Å². The van der Waals surface area contributed by atoms with Crippen LogP contribution in [-0.4, -0.2) is 50.6 Å². The second kappa shape index (κ2) is 11.1. The summed E-state index contributed by atoms with van der Waals surface area (Å²) in [5, 5.41) is 2.86. The summed E-state index contributed by atoms with van der Waals surface area (Å²) in [6, 6.07) is 21.3. The highest BCUT2D eigenvalue weighted by atomic mass is 16.7. The van der Waals surface area contributed by atoms with Crippen molar-refractivity contribution < 1.29 is 28.4 Å². The van der Waals surface area contributed by atoms with Crippen LogP contribution in [0.25, 0.3) is 17.2 Å². The summed E-state index contributed by atoms with van der Waals surface area (Å²) in [7, 11) is 0.589. The summed E-state index contributed by atoms with van der Waals surface area (Å²) in [6.07, 6.45) is 1.26. The van der Waals surface area contributed by atoms with Gasteiger partial charge in [0, 0.05) is 18.2 Å². The minimum absolute atomic E-state index is 0.0422. The summed E-state index contributed by atoms with van der Waals surface area (Å²) < 4.78 is 23.1. The highest BCUT2D eigenvalue weighted by Gasteiger charge is 2.52. The fourth-order valence-electron chi connectivity index (χ4n) is 5.17. The Morgan fingerprint density at radius 2 is 1.54 bits per heavy atom. The first-order valence-electron chi connectivity index (χ1n) is 13.6. The Morgan fingerprint density at radius 3 is 2.10 bits per heavy atom. The number of nitrogens with two attached hydrogens (primary N) is 1. The molecule has 0 atom stereocenters. The largest absolute Gasteiger partial charge is 0.492 e. The zero-order chi connectivity index (χ0) is 29.4. The molecule has 0 bridgehead atoms. The molecule has 9 heteroatoms. The number of fused-ring (bicyclic) bond motifs is 3. The van der Waals surface area contributed by atoms with E-state index in [0.717, 1.165) is 11.1 Å². The van der Waals surface area contributed by atoms with Crippen molar-refractivity contribution in [2.24, 2.45) is 0 Å². The number of alkyl carbamates (subject to hydrolysis) is 1. The first-order chi connectivity index (χ1) is 19.5. The van der Waals surface area contributed by atoms with Gasteiger partial charge in [0.25, 0.3) is 0 Å². The number of hydrogen-bond donors (Lipinski definition) is 2. The van der Waals surface area contributed by atoms with Gasteiger partial charge in [-0.15, -0.1) is 0 Å². The third-order valence-corrected chi connectivity index (χ3v) is 8.19. The van der Waals surface area contributed by atoms with Crippen LogP contribution in [0.2, 0.25) is 0 Å². The van der Waals surface area contributed by atoms with E-state index in [1.54, 1.807) is 18.2 Å². The number of amides is 1. The molecule has 3 aromatic rings. The van der Waals surface area contributed by atoms with E-state index < -0.39 is 30.4 Å². The highest BCUT2D eigenvalue weighted by Crippen LogP contribution is 2.44. The predicted molar refractivity (Wildman–Crippen MR) is 159 cm³/mol. The average molecular weight is 554 g/mol. The second-order valence-electron chi connectivity index (χ2n) is 11.3. The summed E-state index contributed by atoms with van der Waals surface area (Å²) >= 11 is 0. The third kappa shape index (κ3) is 5.60. The van der Waals surface area contributed by atoms with Gasteiger partial charge in [-0.25, -0.2) is 9.59 Å². The molecule has 1 aliphatic heterocycles. The number of rotatable bonds is 7. The topological polar surface area (TPSA) is 109 Å². The summed E-state index contributed by atoms with van der Waals surface area (Å²) in [5.74, 6) is -0.519. The van der Waals surface area contributed by atoms with Gasteiger partial charge in [-0.3, -0.25) is 0 Å². The Hall–Kier alpha value is -4.08. The zero-order valence-electron chi connectivity index (χ0n) is 24.0. The lowest BCUT2D eigenvalue weighted by molar-refractivity contribution is 0.00578. The molecule has 0 aromatic heterocycles. The third-order valence-electron chi connectivity index (χ3n) is 8.19. The van der Waals surface area contributed by atoms with Crippen LogP contribution in [0.5, 0.6) is 0 Å². The van der Waals surface area contributed by atoms with Gasteiger partial charge < -0.3 is 29.8 Å². The maximum atomic E-state index is 13.0. The van der Waals surface area contributed by atoms with Gasteiger partial charge in [0.15, 0.2) is 0 Å². The van der Waals surface area contributed by atoms with Crippen molar-refractivity contribution in [2.45, 2.75) is 44.8 Å². The van der Waals surface area contributed by atoms with Crippen molar-refractivity contribution in [3.05, 3.63) is 94.5 Å². The van der Waals surface area contributed by atoms with Gasteiger partial charge in [-0.1, -0.05) is 60.7 Å². The predicted octanol–water partition coefficient (Wildman–Crippen LogP) is 5.61. The molecule has 0 spiro atoms. The van der Waals surface area contributed by atoms with Crippen LogP contribution in [0.4, 0.5) is 10.5 Å². The molecule has 1 amide bonds. The molecule has 1 fully saturated rings. The Morgan fingerprint density at radius 1 is 0.951 bits per heavy atom. The summed E-state index contributed by atoms with van der Waals surface area (Å²) in [6.45, 7) is 8.15. The first-order valence-corrected chi connectivity index (χ1v) is 13.6. The number of esters is 1. The molecular formula is C32H35BN2O6. The average Bonchev–Trinajstić information content (AvgIpc) is 3.38. The van der Waals surface area contributed by atoms with E-state index in [-0.39, 0.29) is 19.1 Å². The SMILES string of the molecule is COC(=O)c1ccc(C=C(CNC(=O)OCC2c3ccccc3-c3ccccc32)B2OC(C)(C)C(C)(C)O2)c(N)c1. The maximum absolute atomic E-state index is 13.0. The lowest BCUT2D eigenvalue weighted by atomic mass is 9.76. The van der Waals surface area contributed by atoms with E-state index in [1.165, 1.54) is 18.2 Å². The van der Waals surface area contributed by atoms with Crippen molar-refractivity contribution in [3.8, 4) is 11.1 Å². The van der Waals surface area contributed by atoms with Crippen LogP contribution in [0.15, 0.2) is 72.2 Å². The molecule has 2 aliphatic rings. The van der Waals surface area contributed by atoms with Crippen LogP contribution in [0.1, 0.15) is 60.7 Å². The van der Waals surface area contributed by atoms with Gasteiger partial charge in [0.05, 0.1) is 23.9 Å². The number of nitrogens with one attached hydrogen (secondary N) is 1. The number of anilines is 1. The number of methoxy groups -OCH3 is 1. The van der Waals surface area contributed by atoms with Crippen LogP contribution < -0.4 is 11.1 Å². The minimum Gasteiger partial charge on any atom is -0.465 e. The van der Waals surface area contributed by atoms with Gasteiger partial charge in [-0.05, 0) is 73.1 Å². The van der Waals surface area contributed by atoms with E-state index in [4.69, 9.17) is 24.5 Å². The van der Waals surface area contributed by atoms with E-state index in [1.807, 2.05) is 58.0 Å². The molecule has 3 aromatic carbocycles. The number of ether oxygens (including phenoxy) is 2. The minimum atomic E-state index is -0.728. The van der Waals surface area contributed by atoms with Crippen molar-refractivity contribution in [1.29, 1.82) is 0 Å². The Labute approximate surface area is 241 Å². The Balaban J connectivity index is 1.32. The molecule has 0 saturated carbocycles. The van der Waals surface area contributed by atoms with Crippen LogP contribution in [-0.2, 0) is 18.8 Å². The standard InChI is InChI=1S/C32H35BN2O6/c1-31(2)32(3,4)41-33(40-31)22(16-20-14-15-21(17-28(20)34)29(36)38-5)18-35-30(37)39-19-27-25-12-8-6-10-23(25)24-11-7-9-13-26(24)27/h6-17,27H,18-19,34H2,1-5H3,(H,35,37). The molecule has 5 rings (SSSR count). The first kappa shape index (κ1) is 28.5. The number of carbonyl (C=O) groups excluding carboxylic acids is 2. The van der Waals surface area contributed by atoms with Crippen LogP contribution in [0, 0.1) is 0 Å². The van der Waals surface area contributed by atoms with Gasteiger partial charge >= 0.3 is 19.2 Å². The summed E-state index contributed by atoms with van der Waals surface area (Å²) in [5.41, 5.74) is 11.7. The maximum Gasteiger partial charge on any atom is 0.492 e. The highest BCUT2D eigenvalue weighted by molar-refractivity contribution is 6.56. The lowest BCUT2D eigenvalue weighted by Gasteiger charge is -2.32. The number of carbonyl (C=O) groups is 2. The fourth-order valence-corrected chi connectivity index (χ4v) is 5.17. The van der Waals surface area contributed by atoms with Crippen molar-refractivity contribution in [3.63, 3.8) is 0 Å². The smallest absolute Gasteiger partial charge is 0.465 e. The molecule has 212 valence electrons.